The van der Waals surface area contributed by atoms with Gasteiger partial charge < -0.3 is 10.5 Å². The first-order valence-corrected chi connectivity index (χ1v) is 7.91. The molecule has 1 aromatic rings. The Balaban J connectivity index is 1.51. The van der Waals surface area contributed by atoms with Crippen molar-refractivity contribution in [2.24, 2.45) is 0 Å². The summed E-state index contributed by atoms with van der Waals surface area (Å²) in [6, 6.07) is 8.13. The van der Waals surface area contributed by atoms with E-state index >= 15 is 0 Å². The zero-order valence-electron chi connectivity index (χ0n) is 10.7. The summed E-state index contributed by atoms with van der Waals surface area (Å²) in [6.07, 6.45) is 8.26. The van der Waals surface area contributed by atoms with Gasteiger partial charge in [-0.05, 0) is 49.9 Å². The van der Waals surface area contributed by atoms with Crippen LogP contribution in [0.25, 0.3) is 0 Å². The van der Waals surface area contributed by atoms with E-state index in [9.17, 15) is 0 Å². The van der Waals surface area contributed by atoms with Crippen LogP contribution in [-0.2, 0) is 4.74 Å². The molecule has 1 saturated heterocycles. The second kappa shape index (κ2) is 5.14. The van der Waals surface area contributed by atoms with Gasteiger partial charge in [0.25, 0.3) is 0 Å². The van der Waals surface area contributed by atoms with E-state index in [2.05, 4.69) is 12.1 Å². The van der Waals surface area contributed by atoms with E-state index < -0.39 is 0 Å². The monoisotopic (exact) mass is 263 g/mol. The first-order valence-electron chi connectivity index (χ1n) is 6.92. The molecule has 0 bridgehead atoms. The molecule has 1 aromatic carbocycles. The average molecular weight is 263 g/mol. The number of ether oxygens (including phenoxy) is 1. The smallest absolute Gasteiger partial charge is 0.0687 e. The van der Waals surface area contributed by atoms with Gasteiger partial charge in [0.2, 0.25) is 0 Å². The van der Waals surface area contributed by atoms with Crippen molar-refractivity contribution >= 4 is 17.4 Å². The summed E-state index contributed by atoms with van der Waals surface area (Å²) >= 11 is 1.89. The highest BCUT2D eigenvalue weighted by atomic mass is 32.2. The Morgan fingerprint density at radius 1 is 1.17 bits per heavy atom. The Morgan fingerprint density at radius 3 is 2.61 bits per heavy atom. The predicted octanol–water partition coefficient (Wildman–Crippen LogP) is 3.85. The fraction of sp³-hybridized carbons (Fsp3) is 0.600. The van der Waals surface area contributed by atoms with Gasteiger partial charge in [0.15, 0.2) is 0 Å². The van der Waals surface area contributed by atoms with Crippen molar-refractivity contribution in [3.05, 3.63) is 24.3 Å². The van der Waals surface area contributed by atoms with Crippen LogP contribution in [0.5, 0.6) is 0 Å². The van der Waals surface area contributed by atoms with Gasteiger partial charge in [-0.15, -0.1) is 11.8 Å². The molecule has 2 N–H and O–H groups in total. The molecule has 0 radical (unpaired) electrons. The molecular formula is C15H21NOS. The van der Waals surface area contributed by atoms with Crippen LogP contribution in [-0.4, -0.2) is 17.5 Å². The molecule has 1 aliphatic heterocycles. The van der Waals surface area contributed by atoms with Crippen molar-refractivity contribution in [3.63, 3.8) is 0 Å². The maximum Gasteiger partial charge on any atom is 0.0687 e. The molecule has 18 heavy (non-hydrogen) atoms. The molecule has 1 unspecified atom stereocenters. The standard InChI is InChI=1S/C15H21NOS/c16-12-3-5-14(6-4-12)18-11-13-7-10-15(17-13)8-1-2-9-15/h3-6,13H,1-2,7-11,16H2. The van der Waals surface area contributed by atoms with E-state index in [0.717, 1.165) is 11.4 Å². The number of rotatable bonds is 3. The van der Waals surface area contributed by atoms with Crippen molar-refractivity contribution in [2.45, 2.75) is 55.1 Å². The van der Waals surface area contributed by atoms with Crippen LogP contribution in [0.2, 0.25) is 0 Å². The minimum Gasteiger partial charge on any atom is -0.399 e. The van der Waals surface area contributed by atoms with Gasteiger partial charge >= 0.3 is 0 Å². The van der Waals surface area contributed by atoms with Crippen molar-refractivity contribution in [1.82, 2.24) is 0 Å². The van der Waals surface area contributed by atoms with Crippen LogP contribution in [0.4, 0.5) is 5.69 Å². The molecule has 3 rings (SSSR count). The number of benzene rings is 1. The molecule has 1 saturated carbocycles. The van der Waals surface area contributed by atoms with Crippen LogP contribution < -0.4 is 5.73 Å². The normalized spacial score (nSPS) is 25.9. The van der Waals surface area contributed by atoms with Gasteiger partial charge in [-0.3, -0.25) is 0 Å². The lowest BCUT2D eigenvalue weighted by molar-refractivity contribution is -0.0267. The molecule has 1 atom stereocenters. The predicted molar refractivity (Wildman–Crippen MR) is 76.9 cm³/mol. The molecule has 2 aliphatic rings. The quantitative estimate of drug-likeness (QED) is 0.664. The SMILES string of the molecule is Nc1ccc(SCC2CCC3(CCCC3)O2)cc1. The Labute approximate surface area is 113 Å². The maximum absolute atomic E-state index is 6.31. The van der Waals surface area contributed by atoms with Crippen LogP contribution in [0, 0.1) is 0 Å². The third-order valence-corrected chi connectivity index (χ3v) is 5.31. The molecule has 2 fully saturated rings. The molecule has 1 spiro atoms. The molecule has 98 valence electrons. The topological polar surface area (TPSA) is 35.2 Å². The number of anilines is 1. The molecular weight excluding hydrogens is 242 g/mol. The summed E-state index contributed by atoms with van der Waals surface area (Å²) in [5.74, 6) is 1.08. The van der Waals surface area contributed by atoms with Crippen molar-refractivity contribution in [2.75, 3.05) is 11.5 Å². The van der Waals surface area contributed by atoms with Crippen molar-refractivity contribution in [3.8, 4) is 0 Å². The number of nitrogen functional groups attached to an aromatic ring is 1. The van der Waals surface area contributed by atoms with E-state index in [1.165, 1.54) is 43.4 Å². The summed E-state index contributed by atoms with van der Waals surface area (Å²) in [4.78, 5) is 1.29. The summed E-state index contributed by atoms with van der Waals surface area (Å²) in [5, 5.41) is 0. The van der Waals surface area contributed by atoms with Gasteiger partial charge in [-0.25, -0.2) is 0 Å². The first-order chi connectivity index (χ1) is 8.76. The first kappa shape index (κ1) is 12.4. The Hall–Kier alpha value is -0.670. The lowest BCUT2D eigenvalue weighted by Crippen LogP contribution is -2.25. The van der Waals surface area contributed by atoms with Crippen LogP contribution in [0.3, 0.4) is 0 Å². The fourth-order valence-corrected chi connectivity index (χ4v) is 4.09. The van der Waals surface area contributed by atoms with Crippen molar-refractivity contribution < 1.29 is 4.74 Å². The summed E-state index contributed by atoms with van der Waals surface area (Å²) in [5.41, 5.74) is 6.79. The highest BCUT2D eigenvalue weighted by molar-refractivity contribution is 7.99. The Bertz CT molecular complexity index is 397. The Morgan fingerprint density at radius 2 is 1.89 bits per heavy atom. The number of hydrogen-bond acceptors (Lipinski definition) is 3. The molecule has 1 aliphatic carbocycles. The van der Waals surface area contributed by atoms with E-state index in [4.69, 9.17) is 10.5 Å². The number of thioether (sulfide) groups is 1. The lowest BCUT2D eigenvalue weighted by atomic mass is 9.98. The van der Waals surface area contributed by atoms with E-state index in [-0.39, 0.29) is 5.60 Å². The summed E-state index contributed by atoms with van der Waals surface area (Å²) < 4.78 is 6.31. The van der Waals surface area contributed by atoms with Crippen molar-refractivity contribution in [1.29, 1.82) is 0 Å². The fourth-order valence-electron chi connectivity index (χ4n) is 3.15. The largest absolute Gasteiger partial charge is 0.399 e. The number of hydrogen-bond donors (Lipinski definition) is 1. The van der Waals surface area contributed by atoms with Crippen LogP contribution in [0.1, 0.15) is 38.5 Å². The highest BCUT2D eigenvalue weighted by Crippen LogP contribution is 2.44. The van der Waals surface area contributed by atoms with Gasteiger partial charge in [-0.2, -0.15) is 0 Å². The van der Waals surface area contributed by atoms with Gasteiger partial charge in [0.1, 0.15) is 0 Å². The van der Waals surface area contributed by atoms with E-state index in [1.54, 1.807) is 0 Å². The molecule has 1 heterocycles. The summed E-state index contributed by atoms with van der Waals surface area (Å²) in [7, 11) is 0. The third-order valence-electron chi connectivity index (χ3n) is 4.17. The second-order valence-electron chi connectivity index (χ2n) is 5.55. The molecule has 3 heteroatoms. The van der Waals surface area contributed by atoms with Gasteiger partial charge in [0, 0.05) is 16.3 Å². The third kappa shape index (κ3) is 2.67. The Kier molecular flexibility index (Phi) is 3.53. The second-order valence-corrected chi connectivity index (χ2v) is 6.64. The average Bonchev–Trinajstić information content (AvgIpc) is 3.00. The van der Waals surface area contributed by atoms with E-state index in [0.29, 0.717) is 6.10 Å². The number of nitrogens with two attached hydrogens (primary N) is 1. The molecule has 0 amide bonds. The minimum absolute atomic E-state index is 0.270. The molecule has 2 nitrogen and oxygen atoms in total. The maximum atomic E-state index is 6.31. The summed E-state index contributed by atoms with van der Waals surface area (Å²) in [6.45, 7) is 0. The lowest BCUT2D eigenvalue weighted by Gasteiger charge is -2.23. The zero-order chi connectivity index (χ0) is 12.4. The van der Waals surface area contributed by atoms with Gasteiger partial charge in [-0.1, -0.05) is 12.8 Å². The van der Waals surface area contributed by atoms with Crippen LogP contribution >= 0.6 is 11.8 Å². The van der Waals surface area contributed by atoms with Crippen LogP contribution in [0.15, 0.2) is 29.2 Å². The minimum atomic E-state index is 0.270. The van der Waals surface area contributed by atoms with E-state index in [1.807, 2.05) is 23.9 Å². The van der Waals surface area contributed by atoms with Gasteiger partial charge in [0.05, 0.1) is 11.7 Å². The molecule has 0 aromatic heterocycles. The zero-order valence-corrected chi connectivity index (χ0v) is 11.5. The highest BCUT2D eigenvalue weighted by Gasteiger charge is 2.41.